The Morgan fingerprint density at radius 2 is 1.93 bits per heavy atom. The number of ether oxygens (including phenoxy) is 2. The van der Waals surface area contributed by atoms with Gasteiger partial charge in [-0.1, -0.05) is 19.4 Å². The quantitative estimate of drug-likeness (QED) is 0.512. The van der Waals surface area contributed by atoms with E-state index in [-0.39, 0.29) is 6.29 Å². The molecule has 0 amide bonds. The van der Waals surface area contributed by atoms with E-state index in [4.69, 9.17) is 9.47 Å². The monoisotopic (exact) mass is 198 g/mol. The first-order valence-electron chi connectivity index (χ1n) is 5.32. The molecular formula is C12H22O2. The molecule has 0 atom stereocenters. The van der Waals surface area contributed by atoms with Crippen LogP contribution in [0.1, 0.15) is 39.5 Å². The minimum Gasteiger partial charge on any atom is -0.352 e. The highest BCUT2D eigenvalue weighted by atomic mass is 16.7. The van der Waals surface area contributed by atoms with Gasteiger partial charge in [-0.15, -0.1) is 0 Å². The van der Waals surface area contributed by atoms with Crippen molar-refractivity contribution in [2.45, 2.75) is 45.8 Å². The fraction of sp³-hybridized carbons (Fsp3) is 0.833. The maximum atomic E-state index is 5.17. The summed E-state index contributed by atoms with van der Waals surface area (Å²) in [6.45, 7) is 4.66. The van der Waals surface area contributed by atoms with Gasteiger partial charge in [0.25, 0.3) is 0 Å². The molecule has 0 N–H and O–H groups in total. The molecule has 0 aliphatic heterocycles. The van der Waals surface area contributed by atoms with Crippen LogP contribution in [-0.4, -0.2) is 20.5 Å². The minimum absolute atomic E-state index is 0.168. The summed E-state index contributed by atoms with van der Waals surface area (Å²) in [4.78, 5) is 0. The van der Waals surface area contributed by atoms with Crippen molar-refractivity contribution in [1.29, 1.82) is 0 Å². The molecule has 0 aromatic carbocycles. The Bertz CT molecular complexity index is 202. The standard InChI is InChI=1S/C12H22O2/c1-12(2)7-5-6-10(9-12)8-11(13-3)14-4/h8,11H,5-7,9H2,1-4H3. The third kappa shape index (κ3) is 3.43. The van der Waals surface area contributed by atoms with Crippen LogP contribution in [0.4, 0.5) is 0 Å². The number of rotatable bonds is 3. The molecule has 82 valence electrons. The molecule has 1 saturated carbocycles. The average Bonchev–Trinajstić information content (AvgIpc) is 2.12. The van der Waals surface area contributed by atoms with Gasteiger partial charge in [0.2, 0.25) is 0 Å². The average molecular weight is 198 g/mol. The van der Waals surface area contributed by atoms with Gasteiger partial charge in [-0.25, -0.2) is 0 Å². The van der Waals surface area contributed by atoms with Gasteiger partial charge in [-0.2, -0.15) is 0 Å². The fourth-order valence-corrected chi connectivity index (χ4v) is 2.15. The lowest BCUT2D eigenvalue weighted by Crippen LogP contribution is -2.19. The molecule has 0 bridgehead atoms. The zero-order valence-electron chi connectivity index (χ0n) is 9.80. The molecule has 1 rings (SSSR count). The van der Waals surface area contributed by atoms with Gasteiger partial charge in [-0.3, -0.25) is 0 Å². The minimum atomic E-state index is -0.168. The lowest BCUT2D eigenvalue weighted by molar-refractivity contribution is -0.0675. The van der Waals surface area contributed by atoms with Crippen molar-refractivity contribution in [3.8, 4) is 0 Å². The zero-order valence-corrected chi connectivity index (χ0v) is 9.80. The SMILES string of the molecule is COC(C=C1CCCC(C)(C)C1)OC. The molecule has 0 radical (unpaired) electrons. The molecule has 14 heavy (non-hydrogen) atoms. The summed E-state index contributed by atoms with van der Waals surface area (Å²) in [7, 11) is 3.36. The Kier molecular flexibility index (Phi) is 4.14. The van der Waals surface area contributed by atoms with Crippen LogP contribution in [0.15, 0.2) is 11.6 Å². The number of hydrogen-bond donors (Lipinski definition) is 0. The highest BCUT2D eigenvalue weighted by molar-refractivity contribution is 5.09. The van der Waals surface area contributed by atoms with E-state index in [1.807, 2.05) is 0 Å². The van der Waals surface area contributed by atoms with Crippen LogP contribution in [0.5, 0.6) is 0 Å². The third-order valence-corrected chi connectivity index (χ3v) is 2.89. The number of allylic oxidation sites excluding steroid dienone is 1. The van der Waals surface area contributed by atoms with Gasteiger partial charge in [0.1, 0.15) is 0 Å². The van der Waals surface area contributed by atoms with Crippen LogP contribution >= 0.6 is 0 Å². The van der Waals surface area contributed by atoms with E-state index >= 15 is 0 Å². The van der Waals surface area contributed by atoms with E-state index in [0.29, 0.717) is 5.41 Å². The van der Waals surface area contributed by atoms with Gasteiger partial charge in [0, 0.05) is 14.2 Å². The van der Waals surface area contributed by atoms with Crippen LogP contribution < -0.4 is 0 Å². The van der Waals surface area contributed by atoms with Gasteiger partial charge in [0.05, 0.1) is 0 Å². The second-order valence-corrected chi connectivity index (χ2v) is 4.86. The van der Waals surface area contributed by atoms with E-state index in [9.17, 15) is 0 Å². The van der Waals surface area contributed by atoms with Crippen LogP contribution in [0.2, 0.25) is 0 Å². The highest BCUT2D eigenvalue weighted by Crippen LogP contribution is 2.38. The summed E-state index contributed by atoms with van der Waals surface area (Å²) in [6, 6.07) is 0. The molecule has 0 unspecified atom stereocenters. The van der Waals surface area contributed by atoms with Gasteiger partial charge in [0.15, 0.2) is 6.29 Å². The molecule has 0 aromatic heterocycles. The van der Waals surface area contributed by atoms with E-state index in [0.717, 1.165) is 0 Å². The second kappa shape index (κ2) is 4.94. The predicted octanol–water partition coefficient (Wildman–Crippen LogP) is 3.13. The molecule has 1 aliphatic carbocycles. The van der Waals surface area contributed by atoms with Crippen LogP contribution in [0.25, 0.3) is 0 Å². The maximum absolute atomic E-state index is 5.17. The molecular weight excluding hydrogens is 176 g/mol. The van der Waals surface area contributed by atoms with Crippen molar-refractivity contribution < 1.29 is 9.47 Å². The van der Waals surface area contributed by atoms with E-state index < -0.39 is 0 Å². The summed E-state index contributed by atoms with van der Waals surface area (Å²) in [5.74, 6) is 0. The second-order valence-electron chi connectivity index (χ2n) is 4.86. The summed E-state index contributed by atoms with van der Waals surface area (Å²) in [6.07, 6.45) is 6.96. The van der Waals surface area contributed by atoms with Crippen molar-refractivity contribution in [1.82, 2.24) is 0 Å². The zero-order chi connectivity index (χ0) is 10.6. The topological polar surface area (TPSA) is 18.5 Å². The van der Waals surface area contributed by atoms with E-state index in [1.165, 1.54) is 31.3 Å². The molecule has 0 heterocycles. The lowest BCUT2D eigenvalue weighted by Gasteiger charge is -2.31. The lowest BCUT2D eigenvalue weighted by atomic mass is 9.75. The van der Waals surface area contributed by atoms with E-state index in [2.05, 4.69) is 19.9 Å². The molecule has 1 fully saturated rings. The summed E-state index contributed by atoms with van der Waals surface area (Å²) < 4.78 is 10.3. The molecule has 0 saturated heterocycles. The number of hydrogen-bond acceptors (Lipinski definition) is 2. The smallest absolute Gasteiger partial charge is 0.176 e. The molecule has 2 nitrogen and oxygen atoms in total. The van der Waals surface area contributed by atoms with Crippen LogP contribution in [0.3, 0.4) is 0 Å². The molecule has 0 aromatic rings. The first-order valence-corrected chi connectivity index (χ1v) is 5.32. The predicted molar refractivity (Wildman–Crippen MR) is 58.1 cm³/mol. The van der Waals surface area contributed by atoms with Crippen molar-refractivity contribution in [2.75, 3.05) is 14.2 Å². The molecule has 2 heteroatoms. The van der Waals surface area contributed by atoms with Gasteiger partial charge in [-0.05, 0) is 37.2 Å². The van der Waals surface area contributed by atoms with E-state index in [1.54, 1.807) is 14.2 Å². The third-order valence-electron chi connectivity index (χ3n) is 2.89. The first kappa shape index (κ1) is 11.7. The first-order chi connectivity index (χ1) is 6.57. The fourth-order valence-electron chi connectivity index (χ4n) is 2.15. The maximum Gasteiger partial charge on any atom is 0.176 e. The Balaban J connectivity index is 2.58. The normalized spacial score (nSPS) is 24.5. The molecule has 0 spiro atoms. The van der Waals surface area contributed by atoms with Crippen molar-refractivity contribution >= 4 is 0 Å². The Labute approximate surface area is 87.3 Å². The van der Waals surface area contributed by atoms with Gasteiger partial charge < -0.3 is 9.47 Å². The largest absolute Gasteiger partial charge is 0.352 e. The Morgan fingerprint density at radius 3 is 2.43 bits per heavy atom. The van der Waals surface area contributed by atoms with Crippen molar-refractivity contribution in [2.24, 2.45) is 5.41 Å². The van der Waals surface area contributed by atoms with Crippen molar-refractivity contribution in [3.63, 3.8) is 0 Å². The van der Waals surface area contributed by atoms with Crippen LogP contribution in [0, 0.1) is 5.41 Å². The Morgan fingerprint density at radius 1 is 1.29 bits per heavy atom. The highest BCUT2D eigenvalue weighted by Gasteiger charge is 2.24. The molecule has 1 aliphatic rings. The summed E-state index contributed by atoms with van der Waals surface area (Å²) >= 11 is 0. The summed E-state index contributed by atoms with van der Waals surface area (Å²) in [5, 5.41) is 0. The number of methoxy groups -OCH3 is 2. The van der Waals surface area contributed by atoms with Gasteiger partial charge >= 0.3 is 0 Å². The van der Waals surface area contributed by atoms with Crippen molar-refractivity contribution in [3.05, 3.63) is 11.6 Å². The Hall–Kier alpha value is -0.340. The summed E-state index contributed by atoms with van der Waals surface area (Å²) in [5.41, 5.74) is 1.94. The van der Waals surface area contributed by atoms with Crippen LogP contribution in [-0.2, 0) is 9.47 Å².